The predicted octanol–water partition coefficient (Wildman–Crippen LogP) is 4.59. The van der Waals surface area contributed by atoms with Crippen molar-refractivity contribution in [3.63, 3.8) is 0 Å². The Kier molecular flexibility index (Phi) is 4.11. The molecule has 3 unspecified atom stereocenters. The first-order chi connectivity index (χ1) is 13.9. The lowest BCUT2D eigenvalue weighted by Gasteiger charge is -2.61. The minimum absolute atomic E-state index is 0.0127. The smallest absolute Gasteiger partial charge is 0.322 e. The number of aryl methyl sites for hydroxylation is 1. The Balaban J connectivity index is 1.40. The second-order valence-electron chi connectivity index (χ2n) is 8.67. The molecule has 2 aromatic rings. The molecule has 1 aliphatic heterocycles. The highest BCUT2D eigenvalue weighted by Gasteiger charge is 2.62. The summed E-state index contributed by atoms with van der Waals surface area (Å²) >= 11 is 6.33. The Hall–Kier alpha value is -2.59. The van der Waals surface area contributed by atoms with Crippen molar-refractivity contribution in [2.75, 3.05) is 5.32 Å². The highest BCUT2D eigenvalue weighted by atomic mass is 35.5. The highest BCUT2D eigenvalue weighted by molar-refractivity contribution is 6.31. The number of amides is 2. The first kappa shape index (κ1) is 18.4. The van der Waals surface area contributed by atoms with Crippen LogP contribution in [0.1, 0.15) is 55.9 Å². The summed E-state index contributed by atoms with van der Waals surface area (Å²) < 4.78 is 5.75. The maximum absolute atomic E-state index is 13.2. The number of nitriles is 1. The van der Waals surface area contributed by atoms with E-state index in [1.165, 1.54) is 0 Å². The summed E-state index contributed by atoms with van der Waals surface area (Å²) in [5, 5.41) is 21.0. The van der Waals surface area contributed by atoms with Crippen molar-refractivity contribution in [1.82, 2.24) is 15.1 Å². The summed E-state index contributed by atoms with van der Waals surface area (Å²) in [5.41, 5.74) is 1.09. The van der Waals surface area contributed by atoms with Gasteiger partial charge in [0.05, 0.1) is 12.0 Å². The zero-order chi connectivity index (χ0) is 20.3. The predicted molar refractivity (Wildman–Crippen MR) is 106 cm³/mol. The summed E-state index contributed by atoms with van der Waals surface area (Å²) in [6.07, 6.45) is 3.46. The zero-order valence-corrected chi connectivity index (χ0v) is 17.1. The molecule has 150 valence electrons. The normalized spacial score (nSPS) is 32.3. The van der Waals surface area contributed by atoms with Crippen LogP contribution < -0.4 is 5.32 Å². The highest BCUT2D eigenvalue weighted by Crippen LogP contribution is 2.55. The largest absolute Gasteiger partial charge is 0.423 e. The molecular weight excluding hydrogens is 390 g/mol. The Morgan fingerprint density at radius 2 is 2.21 bits per heavy atom. The van der Waals surface area contributed by atoms with Crippen LogP contribution in [0.2, 0.25) is 5.02 Å². The number of rotatable bonds is 3. The molecule has 29 heavy (non-hydrogen) atoms. The van der Waals surface area contributed by atoms with Crippen molar-refractivity contribution < 1.29 is 9.21 Å². The number of fused-ring (bicyclic) bond motifs is 2. The Morgan fingerprint density at radius 3 is 2.90 bits per heavy atom. The number of halogens is 1. The molecule has 0 radical (unpaired) electrons. The Morgan fingerprint density at radius 1 is 1.38 bits per heavy atom. The number of hydrogen-bond donors (Lipinski definition) is 1. The monoisotopic (exact) mass is 411 g/mol. The van der Waals surface area contributed by atoms with Crippen molar-refractivity contribution in [3.05, 3.63) is 40.6 Å². The van der Waals surface area contributed by atoms with Crippen LogP contribution in [-0.2, 0) is 5.54 Å². The molecule has 3 aliphatic rings. The topological polar surface area (TPSA) is 95.0 Å². The van der Waals surface area contributed by atoms with E-state index >= 15 is 0 Å². The number of anilines is 1. The summed E-state index contributed by atoms with van der Waals surface area (Å²) in [7, 11) is 0. The number of piperidine rings is 1. The molecule has 7 nitrogen and oxygen atoms in total. The van der Waals surface area contributed by atoms with Gasteiger partial charge in [-0.25, -0.2) is 4.79 Å². The third-order valence-corrected chi connectivity index (χ3v) is 6.85. The zero-order valence-electron chi connectivity index (χ0n) is 16.4. The van der Waals surface area contributed by atoms with E-state index < -0.39 is 5.54 Å². The molecule has 2 saturated carbocycles. The number of nitrogens with zero attached hydrogens (tertiary/aromatic N) is 4. The quantitative estimate of drug-likeness (QED) is 0.796. The van der Waals surface area contributed by atoms with Gasteiger partial charge in [0.2, 0.25) is 11.8 Å². The van der Waals surface area contributed by atoms with Gasteiger partial charge in [-0.15, -0.1) is 10.2 Å². The number of likely N-dealkylation sites (tertiary alicyclic amines) is 1. The third-order valence-electron chi connectivity index (χ3n) is 6.51. The van der Waals surface area contributed by atoms with Gasteiger partial charge in [-0.2, -0.15) is 5.26 Å². The van der Waals surface area contributed by atoms with Crippen molar-refractivity contribution in [3.8, 4) is 6.07 Å². The van der Waals surface area contributed by atoms with Gasteiger partial charge < -0.3 is 14.6 Å². The number of carbonyl (C=O) groups is 1. The van der Waals surface area contributed by atoms with Gasteiger partial charge in [0.25, 0.3) is 0 Å². The fourth-order valence-electron chi connectivity index (χ4n) is 5.20. The van der Waals surface area contributed by atoms with Gasteiger partial charge in [-0.05, 0) is 48.9 Å². The number of aromatic nitrogens is 2. The molecular formula is C21H22ClN5O2. The molecule has 5 atom stereocenters. The first-order valence-electron chi connectivity index (χ1n) is 10.0. The molecule has 1 N–H and O–H groups in total. The van der Waals surface area contributed by atoms with Gasteiger partial charge in [0, 0.05) is 36.0 Å². The SMILES string of the molecule is Cc1nnc(C23CC(C)CC(C2)N3C(=O)Nc2ccc(Cl)c([C@H]3C[C@H]3C#N)c2)o1. The molecule has 2 aliphatic carbocycles. The van der Waals surface area contributed by atoms with Crippen LogP contribution in [0, 0.1) is 30.1 Å². The van der Waals surface area contributed by atoms with E-state index in [0.717, 1.165) is 31.2 Å². The molecule has 2 bridgehead atoms. The van der Waals surface area contributed by atoms with Crippen LogP contribution >= 0.6 is 11.6 Å². The summed E-state index contributed by atoms with van der Waals surface area (Å²) in [4.78, 5) is 15.1. The Bertz CT molecular complexity index is 1030. The molecule has 5 rings (SSSR count). The van der Waals surface area contributed by atoms with Crippen molar-refractivity contribution >= 4 is 23.3 Å². The molecule has 2 heterocycles. The average Bonchev–Trinajstić information content (AvgIpc) is 3.33. The van der Waals surface area contributed by atoms with E-state index in [9.17, 15) is 4.79 Å². The summed E-state index contributed by atoms with van der Waals surface area (Å²) in [5.74, 6) is 1.69. The van der Waals surface area contributed by atoms with Gasteiger partial charge in [-0.3, -0.25) is 0 Å². The van der Waals surface area contributed by atoms with Crippen LogP contribution in [0.25, 0.3) is 0 Å². The minimum Gasteiger partial charge on any atom is -0.423 e. The second-order valence-corrected chi connectivity index (χ2v) is 9.08. The third kappa shape index (κ3) is 2.89. The standard InChI is InChI=1S/C21H22ClN5O2/c1-11-5-15-9-21(8-11,19-26-25-12(2)29-19)27(15)20(28)24-14-3-4-18(22)17(7-14)16-6-13(16)10-23/h3-4,7,11,13,15-16H,5-6,8-9H2,1-2H3,(H,24,28)/t11?,13-,15?,16-,21?/m0/s1. The van der Waals surface area contributed by atoms with Gasteiger partial charge in [0.15, 0.2) is 0 Å². The molecule has 1 saturated heterocycles. The van der Waals surface area contributed by atoms with Gasteiger partial charge in [0.1, 0.15) is 5.54 Å². The van der Waals surface area contributed by atoms with E-state index in [1.807, 2.05) is 11.0 Å². The minimum atomic E-state index is -0.522. The lowest BCUT2D eigenvalue weighted by atomic mass is 9.64. The van der Waals surface area contributed by atoms with Crippen LogP contribution in [0.3, 0.4) is 0 Å². The van der Waals surface area contributed by atoms with Crippen LogP contribution in [0.5, 0.6) is 0 Å². The van der Waals surface area contributed by atoms with E-state index in [2.05, 4.69) is 28.5 Å². The number of urea groups is 1. The van der Waals surface area contributed by atoms with E-state index in [-0.39, 0.29) is 23.9 Å². The van der Waals surface area contributed by atoms with Gasteiger partial charge in [-0.1, -0.05) is 18.5 Å². The molecule has 8 heteroatoms. The van der Waals surface area contributed by atoms with E-state index in [0.29, 0.717) is 28.4 Å². The van der Waals surface area contributed by atoms with Crippen molar-refractivity contribution in [2.24, 2.45) is 11.8 Å². The summed E-state index contributed by atoms with van der Waals surface area (Å²) in [6.45, 7) is 3.97. The summed E-state index contributed by atoms with van der Waals surface area (Å²) in [6, 6.07) is 7.78. The molecule has 2 amide bonds. The lowest BCUT2D eigenvalue weighted by Crippen LogP contribution is -2.70. The van der Waals surface area contributed by atoms with Crippen molar-refractivity contribution in [2.45, 2.75) is 57.0 Å². The number of hydrogen-bond acceptors (Lipinski definition) is 5. The molecule has 1 aromatic carbocycles. The number of carbonyl (C=O) groups excluding carboxylic acids is 1. The first-order valence-corrected chi connectivity index (χ1v) is 10.4. The van der Waals surface area contributed by atoms with E-state index in [4.69, 9.17) is 21.3 Å². The van der Waals surface area contributed by atoms with Crippen LogP contribution in [-0.4, -0.2) is 27.2 Å². The number of benzene rings is 1. The Labute approximate surface area is 174 Å². The average molecular weight is 412 g/mol. The molecule has 1 aromatic heterocycles. The second kappa shape index (κ2) is 6.46. The fraction of sp³-hybridized carbons (Fsp3) is 0.524. The fourth-order valence-corrected chi connectivity index (χ4v) is 5.46. The number of nitrogens with one attached hydrogen (secondary N) is 1. The van der Waals surface area contributed by atoms with Crippen molar-refractivity contribution in [1.29, 1.82) is 5.26 Å². The van der Waals surface area contributed by atoms with Crippen LogP contribution in [0.15, 0.2) is 22.6 Å². The maximum atomic E-state index is 13.2. The van der Waals surface area contributed by atoms with Crippen LogP contribution in [0.4, 0.5) is 10.5 Å². The van der Waals surface area contributed by atoms with Gasteiger partial charge >= 0.3 is 6.03 Å². The molecule has 0 spiro atoms. The maximum Gasteiger partial charge on any atom is 0.322 e. The lowest BCUT2D eigenvalue weighted by molar-refractivity contribution is -0.110. The van der Waals surface area contributed by atoms with E-state index in [1.54, 1.807) is 19.1 Å². The molecule has 3 fully saturated rings.